The van der Waals surface area contributed by atoms with E-state index in [0.29, 0.717) is 17.7 Å². The topological polar surface area (TPSA) is 77.0 Å². The molecule has 7 heteroatoms. The van der Waals surface area contributed by atoms with Gasteiger partial charge in [0, 0.05) is 19.1 Å². The fourth-order valence-electron chi connectivity index (χ4n) is 4.30. The first-order valence-electron chi connectivity index (χ1n) is 9.98. The number of anilines is 1. The molecule has 1 atom stereocenters. The molecule has 2 aromatic heterocycles. The van der Waals surface area contributed by atoms with Crippen LogP contribution in [0.3, 0.4) is 0 Å². The van der Waals surface area contributed by atoms with Crippen molar-refractivity contribution in [1.29, 1.82) is 0 Å². The molecule has 1 unspecified atom stereocenters. The Morgan fingerprint density at radius 1 is 1.36 bits per heavy atom. The molecule has 0 spiro atoms. The number of esters is 1. The maximum atomic E-state index is 15.1. The van der Waals surface area contributed by atoms with Gasteiger partial charge >= 0.3 is 5.97 Å². The van der Waals surface area contributed by atoms with Gasteiger partial charge in [-0.2, -0.15) is 0 Å². The standard InChI is InChI=1S/C21H26FN3O3/c1-3-28-21(27)16-9-15(13-6-7-13)18-12(2)19(17(22)11-25(18)20(16)26)24-8-4-5-14(23)10-24/h9,11,13-14H,3-8,10,23H2,1-2H3. The number of nitrogens with zero attached hydrogens (tertiary/aromatic N) is 2. The Labute approximate surface area is 163 Å². The van der Waals surface area contributed by atoms with E-state index in [0.717, 1.165) is 43.4 Å². The number of carbonyl (C=O) groups is 1. The first-order chi connectivity index (χ1) is 13.4. The second kappa shape index (κ2) is 7.20. The van der Waals surface area contributed by atoms with Crippen molar-refractivity contribution in [3.63, 3.8) is 0 Å². The van der Waals surface area contributed by atoms with E-state index in [1.165, 1.54) is 10.6 Å². The summed E-state index contributed by atoms with van der Waals surface area (Å²) in [5.41, 5.74) is 8.39. The van der Waals surface area contributed by atoms with Gasteiger partial charge in [-0.1, -0.05) is 0 Å². The van der Waals surface area contributed by atoms with Crippen LogP contribution in [0.15, 0.2) is 17.1 Å². The van der Waals surface area contributed by atoms with Crippen molar-refractivity contribution in [2.24, 2.45) is 5.73 Å². The molecule has 1 aliphatic heterocycles. The molecule has 0 amide bonds. The third-order valence-corrected chi connectivity index (χ3v) is 5.73. The lowest BCUT2D eigenvalue weighted by Crippen LogP contribution is -2.43. The van der Waals surface area contributed by atoms with Crippen molar-refractivity contribution < 1.29 is 13.9 Å². The summed E-state index contributed by atoms with van der Waals surface area (Å²) in [6, 6.07) is 1.67. The molecule has 4 rings (SSSR count). The summed E-state index contributed by atoms with van der Waals surface area (Å²) in [7, 11) is 0. The maximum Gasteiger partial charge on any atom is 0.343 e. The number of rotatable bonds is 4. The lowest BCUT2D eigenvalue weighted by atomic mass is 10.00. The molecule has 2 N–H and O–H groups in total. The molecule has 3 heterocycles. The number of ether oxygens (including phenoxy) is 1. The van der Waals surface area contributed by atoms with E-state index in [-0.39, 0.29) is 24.1 Å². The Kier molecular flexibility index (Phi) is 4.87. The summed E-state index contributed by atoms with van der Waals surface area (Å²) in [4.78, 5) is 27.2. The van der Waals surface area contributed by atoms with Crippen LogP contribution in [0, 0.1) is 12.7 Å². The quantitative estimate of drug-likeness (QED) is 0.817. The smallest absolute Gasteiger partial charge is 0.343 e. The molecule has 28 heavy (non-hydrogen) atoms. The predicted octanol–water partition coefficient (Wildman–Crippen LogP) is 2.73. The van der Waals surface area contributed by atoms with E-state index in [2.05, 4.69) is 0 Å². The van der Waals surface area contributed by atoms with Gasteiger partial charge < -0.3 is 15.4 Å². The third kappa shape index (κ3) is 3.17. The maximum absolute atomic E-state index is 15.1. The average molecular weight is 387 g/mol. The normalized spacial score (nSPS) is 19.9. The first kappa shape index (κ1) is 18.9. The van der Waals surface area contributed by atoms with E-state index in [1.54, 1.807) is 13.0 Å². The Balaban J connectivity index is 1.95. The summed E-state index contributed by atoms with van der Waals surface area (Å²) in [5, 5.41) is 0. The van der Waals surface area contributed by atoms with Gasteiger partial charge in [-0.3, -0.25) is 9.20 Å². The number of nitrogens with two attached hydrogens (primary N) is 1. The molecule has 1 aliphatic carbocycles. The number of aryl methyl sites for hydroxylation is 1. The van der Waals surface area contributed by atoms with Crippen molar-refractivity contribution in [3.05, 3.63) is 45.1 Å². The third-order valence-electron chi connectivity index (χ3n) is 5.73. The summed E-state index contributed by atoms with van der Waals surface area (Å²) in [5.74, 6) is -0.846. The number of pyridine rings is 2. The van der Waals surface area contributed by atoms with Gasteiger partial charge in [-0.15, -0.1) is 0 Å². The number of halogens is 1. The molecular weight excluding hydrogens is 361 g/mol. The second-order valence-corrected chi connectivity index (χ2v) is 7.83. The van der Waals surface area contributed by atoms with Crippen LogP contribution >= 0.6 is 0 Å². The number of hydrogen-bond acceptors (Lipinski definition) is 5. The zero-order chi connectivity index (χ0) is 20.0. The highest BCUT2D eigenvalue weighted by atomic mass is 19.1. The summed E-state index contributed by atoms with van der Waals surface area (Å²) >= 11 is 0. The molecule has 150 valence electrons. The van der Waals surface area contributed by atoms with Crippen LogP contribution in [0.2, 0.25) is 0 Å². The Hall–Kier alpha value is -2.41. The number of carbonyl (C=O) groups excluding carboxylic acids is 1. The molecular formula is C21H26FN3O3. The number of hydrogen-bond donors (Lipinski definition) is 1. The minimum absolute atomic E-state index is 0.0139. The highest BCUT2D eigenvalue weighted by Crippen LogP contribution is 2.44. The molecule has 6 nitrogen and oxygen atoms in total. The van der Waals surface area contributed by atoms with E-state index >= 15 is 4.39 Å². The second-order valence-electron chi connectivity index (χ2n) is 7.83. The van der Waals surface area contributed by atoms with E-state index < -0.39 is 17.3 Å². The van der Waals surface area contributed by atoms with E-state index in [1.807, 2.05) is 11.8 Å². The Bertz CT molecular complexity index is 997. The molecule has 0 bridgehead atoms. The van der Waals surface area contributed by atoms with Crippen LogP contribution in [-0.4, -0.2) is 36.1 Å². The van der Waals surface area contributed by atoms with Gasteiger partial charge in [0.1, 0.15) is 5.56 Å². The van der Waals surface area contributed by atoms with Gasteiger partial charge in [-0.05, 0) is 62.6 Å². The number of fused-ring (bicyclic) bond motifs is 1. The minimum atomic E-state index is -0.659. The molecule has 0 aromatic carbocycles. The fraction of sp³-hybridized carbons (Fsp3) is 0.524. The van der Waals surface area contributed by atoms with Gasteiger partial charge in [0.05, 0.1) is 24.0 Å². The van der Waals surface area contributed by atoms with Crippen molar-refractivity contribution >= 4 is 17.2 Å². The summed E-state index contributed by atoms with van der Waals surface area (Å²) in [6.07, 6.45) is 5.05. The van der Waals surface area contributed by atoms with Crippen LogP contribution in [0.25, 0.3) is 5.52 Å². The van der Waals surface area contributed by atoms with Crippen LogP contribution in [0.1, 0.15) is 60.0 Å². The van der Waals surface area contributed by atoms with Crippen molar-refractivity contribution in [2.45, 2.75) is 51.5 Å². The monoisotopic (exact) mass is 387 g/mol. The molecule has 1 saturated carbocycles. The first-order valence-corrected chi connectivity index (χ1v) is 9.98. The molecule has 2 aliphatic rings. The number of aromatic nitrogens is 1. The highest BCUT2D eigenvalue weighted by molar-refractivity contribution is 5.90. The van der Waals surface area contributed by atoms with Gasteiger partial charge in [0.15, 0.2) is 5.82 Å². The van der Waals surface area contributed by atoms with Gasteiger partial charge in [0.2, 0.25) is 0 Å². The average Bonchev–Trinajstić information content (AvgIpc) is 3.48. The lowest BCUT2D eigenvalue weighted by Gasteiger charge is -2.34. The zero-order valence-electron chi connectivity index (χ0n) is 16.3. The summed E-state index contributed by atoms with van der Waals surface area (Å²) < 4.78 is 21.5. The lowest BCUT2D eigenvalue weighted by molar-refractivity contribution is 0.0524. The van der Waals surface area contributed by atoms with Crippen molar-refractivity contribution in [3.8, 4) is 0 Å². The van der Waals surface area contributed by atoms with Crippen LogP contribution in [0.5, 0.6) is 0 Å². The molecule has 2 fully saturated rings. The molecule has 0 radical (unpaired) electrons. The van der Waals surface area contributed by atoms with Crippen LogP contribution in [0.4, 0.5) is 10.1 Å². The van der Waals surface area contributed by atoms with E-state index in [4.69, 9.17) is 10.5 Å². The summed E-state index contributed by atoms with van der Waals surface area (Å²) in [6.45, 7) is 5.06. The van der Waals surface area contributed by atoms with E-state index in [9.17, 15) is 9.59 Å². The van der Waals surface area contributed by atoms with Crippen LogP contribution < -0.4 is 16.2 Å². The largest absolute Gasteiger partial charge is 0.462 e. The van der Waals surface area contributed by atoms with Crippen LogP contribution in [-0.2, 0) is 4.74 Å². The zero-order valence-corrected chi connectivity index (χ0v) is 16.3. The van der Waals surface area contributed by atoms with Gasteiger partial charge in [-0.25, -0.2) is 9.18 Å². The van der Waals surface area contributed by atoms with Gasteiger partial charge in [0.25, 0.3) is 5.56 Å². The van der Waals surface area contributed by atoms with Crippen molar-refractivity contribution in [1.82, 2.24) is 4.40 Å². The Morgan fingerprint density at radius 2 is 2.11 bits per heavy atom. The molecule has 2 aromatic rings. The number of piperidine rings is 1. The SMILES string of the molecule is CCOC(=O)c1cc(C2CC2)c2c(C)c(N3CCCC(N)C3)c(F)cn2c1=O. The Morgan fingerprint density at radius 3 is 2.75 bits per heavy atom. The highest BCUT2D eigenvalue weighted by Gasteiger charge is 2.31. The minimum Gasteiger partial charge on any atom is -0.462 e. The predicted molar refractivity (Wildman–Crippen MR) is 106 cm³/mol. The van der Waals surface area contributed by atoms with Crippen molar-refractivity contribution in [2.75, 3.05) is 24.6 Å². The fourth-order valence-corrected chi connectivity index (χ4v) is 4.30. The molecule has 1 saturated heterocycles.